The Morgan fingerprint density at radius 2 is 1.90 bits per heavy atom. The van der Waals surface area contributed by atoms with Crippen molar-refractivity contribution in [2.75, 3.05) is 0 Å². The van der Waals surface area contributed by atoms with Gasteiger partial charge >= 0.3 is 7.60 Å². The van der Waals surface area contributed by atoms with E-state index in [-0.39, 0.29) is 12.3 Å². The fraction of sp³-hybridized carbons (Fsp3) is 0.375. The summed E-state index contributed by atoms with van der Waals surface area (Å²) in [7, 11) is -3.60. The highest BCUT2D eigenvalue weighted by Crippen LogP contribution is 2.48. The third-order valence-electron chi connectivity index (χ3n) is 3.29. The van der Waals surface area contributed by atoms with Crippen LogP contribution in [0.15, 0.2) is 42.5 Å². The van der Waals surface area contributed by atoms with Crippen molar-refractivity contribution in [3.8, 4) is 0 Å². The van der Waals surface area contributed by atoms with Crippen LogP contribution in [0, 0.1) is 0 Å². The van der Waals surface area contributed by atoms with Crippen LogP contribution in [-0.2, 0) is 15.3 Å². The minimum atomic E-state index is -3.60. The van der Waals surface area contributed by atoms with E-state index in [1.807, 2.05) is 56.3 Å². The van der Waals surface area contributed by atoms with Crippen LogP contribution in [0.1, 0.15) is 32.3 Å². The fourth-order valence-corrected chi connectivity index (χ4v) is 3.87. The molecule has 0 radical (unpaired) electrons. The van der Waals surface area contributed by atoms with Gasteiger partial charge in [-0.3, -0.25) is 4.57 Å². The molecular formula is C16H21O3P. The Bertz CT molecular complexity index is 619. The average molecular weight is 292 g/mol. The van der Waals surface area contributed by atoms with Gasteiger partial charge in [0.1, 0.15) is 0 Å². The lowest BCUT2D eigenvalue weighted by Gasteiger charge is -2.18. The van der Waals surface area contributed by atoms with Crippen LogP contribution >= 0.6 is 7.60 Å². The van der Waals surface area contributed by atoms with Crippen LogP contribution in [0.25, 0.3) is 10.8 Å². The Labute approximate surface area is 120 Å². The van der Waals surface area contributed by atoms with Gasteiger partial charge in [-0.25, -0.2) is 0 Å². The molecule has 3 nitrogen and oxygen atoms in total. The van der Waals surface area contributed by atoms with Crippen molar-refractivity contribution in [3.63, 3.8) is 0 Å². The molecule has 2 aromatic rings. The molecule has 0 fully saturated rings. The van der Waals surface area contributed by atoms with Crippen molar-refractivity contribution >= 4 is 18.4 Å². The maximum atomic E-state index is 12.2. The topological polar surface area (TPSA) is 46.5 Å². The lowest BCUT2D eigenvalue weighted by Crippen LogP contribution is -2.07. The normalized spacial score (nSPS) is 15.9. The predicted octanol–water partition coefficient (Wildman–Crippen LogP) is 4.73. The highest BCUT2D eigenvalue weighted by Gasteiger charge is 2.23. The molecule has 0 amide bonds. The molecule has 0 aliphatic carbocycles. The highest BCUT2D eigenvalue weighted by atomic mass is 31.2. The summed E-state index contributed by atoms with van der Waals surface area (Å²) in [6, 6.07) is 13.7. The smallest absolute Gasteiger partial charge is 0.324 e. The average Bonchev–Trinajstić information content (AvgIpc) is 2.38. The molecular weight excluding hydrogens is 271 g/mol. The van der Waals surface area contributed by atoms with Gasteiger partial charge in [0, 0.05) is 0 Å². The standard InChI is InChI=1S/C16H21O3P/c1-3-7-13(2)19-20(17,18)12-15-10-6-9-14-8-4-5-11-16(14)15/h4-6,8-11,13H,3,7,12H2,1-2H3,(H,17,18). The summed E-state index contributed by atoms with van der Waals surface area (Å²) in [6.07, 6.45) is 1.60. The minimum absolute atomic E-state index is 0.0579. The summed E-state index contributed by atoms with van der Waals surface area (Å²) in [5, 5.41) is 2.09. The van der Waals surface area contributed by atoms with Gasteiger partial charge in [-0.05, 0) is 29.7 Å². The molecule has 2 rings (SSSR count). The molecule has 0 spiro atoms. The molecule has 0 aliphatic heterocycles. The van der Waals surface area contributed by atoms with Gasteiger partial charge in [-0.15, -0.1) is 0 Å². The molecule has 108 valence electrons. The van der Waals surface area contributed by atoms with Crippen LogP contribution in [0.5, 0.6) is 0 Å². The van der Waals surface area contributed by atoms with E-state index in [0.29, 0.717) is 0 Å². The first-order chi connectivity index (χ1) is 9.52. The summed E-state index contributed by atoms with van der Waals surface area (Å²) >= 11 is 0. The molecule has 0 heterocycles. The molecule has 0 saturated heterocycles. The summed E-state index contributed by atoms with van der Waals surface area (Å²) < 4.78 is 17.6. The second-order valence-corrected chi connectivity index (χ2v) is 6.94. The molecule has 4 heteroatoms. The maximum absolute atomic E-state index is 12.2. The summed E-state index contributed by atoms with van der Waals surface area (Å²) in [6.45, 7) is 3.88. The first kappa shape index (κ1) is 15.2. The van der Waals surface area contributed by atoms with Crippen molar-refractivity contribution in [2.45, 2.75) is 39.0 Å². The van der Waals surface area contributed by atoms with Crippen LogP contribution in [0.3, 0.4) is 0 Å². The van der Waals surface area contributed by atoms with Crippen molar-refractivity contribution in [2.24, 2.45) is 0 Å². The van der Waals surface area contributed by atoms with Gasteiger partial charge in [-0.2, -0.15) is 0 Å². The van der Waals surface area contributed by atoms with Gasteiger partial charge in [0.25, 0.3) is 0 Å². The van der Waals surface area contributed by atoms with Crippen LogP contribution in [0.2, 0.25) is 0 Å². The van der Waals surface area contributed by atoms with Crippen LogP contribution in [-0.4, -0.2) is 11.0 Å². The maximum Gasteiger partial charge on any atom is 0.332 e. The molecule has 0 aromatic heterocycles. The lowest BCUT2D eigenvalue weighted by atomic mass is 10.1. The molecule has 0 aliphatic rings. The zero-order valence-electron chi connectivity index (χ0n) is 12.0. The SMILES string of the molecule is CCCC(C)OP(=O)(O)Cc1cccc2ccccc12. The van der Waals surface area contributed by atoms with Gasteiger partial charge in [0.2, 0.25) is 0 Å². The number of benzene rings is 2. The molecule has 0 bridgehead atoms. The van der Waals surface area contributed by atoms with Crippen molar-refractivity contribution in [3.05, 3.63) is 48.0 Å². The molecule has 1 N–H and O–H groups in total. The van der Waals surface area contributed by atoms with Gasteiger partial charge < -0.3 is 9.42 Å². The van der Waals surface area contributed by atoms with Crippen molar-refractivity contribution in [1.82, 2.24) is 0 Å². The third-order valence-corrected chi connectivity index (χ3v) is 4.72. The molecule has 2 unspecified atom stereocenters. The monoisotopic (exact) mass is 292 g/mol. The van der Waals surface area contributed by atoms with E-state index in [9.17, 15) is 9.46 Å². The first-order valence-corrected chi connectivity index (χ1v) is 8.75. The number of rotatable bonds is 6. The fourth-order valence-electron chi connectivity index (χ4n) is 2.42. The zero-order chi connectivity index (χ0) is 14.6. The summed E-state index contributed by atoms with van der Waals surface area (Å²) in [4.78, 5) is 10.1. The minimum Gasteiger partial charge on any atom is -0.324 e. The van der Waals surface area contributed by atoms with E-state index >= 15 is 0 Å². The van der Waals surface area contributed by atoms with E-state index in [2.05, 4.69) is 0 Å². The van der Waals surface area contributed by atoms with Gasteiger partial charge in [0.15, 0.2) is 0 Å². The molecule has 0 saturated carbocycles. The quantitative estimate of drug-likeness (QED) is 0.783. The third kappa shape index (κ3) is 3.92. The van der Waals surface area contributed by atoms with Crippen molar-refractivity contribution < 1.29 is 14.0 Å². The molecule has 2 aromatic carbocycles. The number of hydrogen-bond acceptors (Lipinski definition) is 2. The first-order valence-electron chi connectivity index (χ1n) is 6.98. The Morgan fingerprint density at radius 1 is 1.20 bits per heavy atom. The molecule has 2 atom stereocenters. The van der Waals surface area contributed by atoms with Crippen molar-refractivity contribution in [1.29, 1.82) is 0 Å². The van der Waals surface area contributed by atoms with E-state index < -0.39 is 7.60 Å². The Balaban J connectivity index is 2.21. The Hall–Kier alpha value is -1.15. The summed E-state index contributed by atoms with van der Waals surface area (Å²) in [5.41, 5.74) is 0.859. The largest absolute Gasteiger partial charge is 0.332 e. The predicted molar refractivity (Wildman–Crippen MR) is 82.9 cm³/mol. The number of fused-ring (bicyclic) bond motifs is 1. The van der Waals surface area contributed by atoms with E-state index in [0.717, 1.165) is 29.2 Å². The Kier molecular flexibility index (Phi) is 4.98. The lowest BCUT2D eigenvalue weighted by molar-refractivity contribution is 0.179. The van der Waals surface area contributed by atoms with Gasteiger partial charge in [-0.1, -0.05) is 55.8 Å². The van der Waals surface area contributed by atoms with Gasteiger partial charge in [0.05, 0.1) is 12.3 Å². The Morgan fingerprint density at radius 3 is 2.65 bits per heavy atom. The molecule has 20 heavy (non-hydrogen) atoms. The van der Waals surface area contributed by atoms with Crippen LogP contribution < -0.4 is 0 Å². The highest BCUT2D eigenvalue weighted by molar-refractivity contribution is 7.52. The second kappa shape index (κ2) is 6.53. The van der Waals surface area contributed by atoms with Crippen LogP contribution in [0.4, 0.5) is 0 Å². The summed E-state index contributed by atoms with van der Waals surface area (Å²) in [5.74, 6) is 0. The number of hydrogen-bond donors (Lipinski definition) is 1. The van der Waals surface area contributed by atoms with E-state index in [1.54, 1.807) is 0 Å². The zero-order valence-corrected chi connectivity index (χ0v) is 12.8. The van der Waals surface area contributed by atoms with E-state index in [1.165, 1.54) is 0 Å². The van der Waals surface area contributed by atoms with E-state index in [4.69, 9.17) is 4.52 Å². The second-order valence-electron chi connectivity index (χ2n) is 5.14.